The van der Waals surface area contributed by atoms with E-state index < -0.39 is 10.7 Å². The van der Waals surface area contributed by atoms with E-state index >= 15 is 0 Å². The van der Waals surface area contributed by atoms with Crippen molar-refractivity contribution >= 4 is 17.4 Å². The molecular weight excluding hydrogens is 298 g/mol. The molecule has 7 heteroatoms. The molecule has 2 aromatic rings. The molecule has 0 saturated heterocycles. The molecule has 2 heterocycles. The summed E-state index contributed by atoms with van der Waals surface area (Å²) < 4.78 is 5.34. The molecule has 1 aromatic carbocycles. The number of ether oxygens (including phenoxy) is 1. The van der Waals surface area contributed by atoms with E-state index in [0.717, 1.165) is 17.7 Å². The molecule has 1 aromatic heterocycles. The van der Waals surface area contributed by atoms with Gasteiger partial charge in [0.1, 0.15) is 6.20 Å². The van der Waals surface area contributed by atoms with Crippen LogP contribution in [0.1, 0.15) is 12.5 Å². The summed E-state index contributed by atoms with van der Waals surface area (Å²) in [5.74, 6) is -0.637. The minimum absolute atomic E-state index is 0.00835. The van der Waals surface area contributed by atoms with Gasteiger partial charge in [0.2, 0.25) is 5.75 Å². The van der Waals surface area contributed by atoms with E-state index in [9.17, 15) is 14.9 Å². The van der Waals surface area contributed by atoms with Crippen molar-refractivity contribution in [1.82, 2.24) is 4.98 Å². The second-order valence-corrected chi connectivity index (χ2v) is 5.32. The molecule has 7 nitrogen and oxygen atoms in total. The Kier molecular flexibility index (Phi) is 3.92. The highest BCUT2D eigenvalue weighted by atomic mass is 16.6. The highest BCUT2D eigenvalue weighted by Gasteiger charge is 2.31. The minimum Gasteiger partial charge on any atom is -0.476 e. The standard InChI is InChI=1S/C16H15N3O4/c1-11-9-12-5-2-3-6-13(12)18(11)15(20)10-23-14-7-4-8-17-16(14)19(21)22/h2-8,11H,9-10H2,1H3. The molecule has 0 fully saturated rings. The van der Waals surface area contributed by atoms with E-state index in [2.05, 4.69) is 4.98 Å². The highest BCUT2D eigenvalue weighted by Crippen LogP contribution is 2.32. The van der Waals surface area contributed by atoms with Gasteiger partial charge in [-0.15, -0.1) is 0 Å². The quantitative estimate of drug-likeness (QED) is 0.639. The van der Waals surface area contributed by atoms with Crippen LogP contribution in [0.25, 0.3) is 0 Å². The molecule has 1 unspecified atom stereocenters. The van der Waals surface area contributed by atoms with E-state index in [1.54, 1.807) is 4.90 Å². The number of anilines is 1. The van der Waals surface area contributed by atoms with E-state index in [1.807, 2.05) is 31.2 Å². The Balaban J connectivity index is 1.75. The van der Waals surface area contributed by atoms with Crippen molar-refractivity contribution in [2.75, 3.05) is 11.5 Å². The van der Waals surface area contributed by atoms with Crippen LogP contribution < -0.4 is 9.64 Å². The third-order valence-corrected chi connectivity index (χ3v) is 3.75. The highest BCUT2D eigenvalue weighted by molar-refractivity contribution is 5.97. The van der Waals surface area contributed by atoms with Gasteiger partial charge in [0.25, 0.3) is 5.91 Å². The number of carbonyl (C=O) groups is 1. The molecular formula is C16H15N3O4. The lowest BCUT2D eigenvalue weighted by atomic mass is 10.1. The van der Waals surface area contributed by atoms with Crippen molar-refractivity contribution < 1.29 is 14.5 Å². The first kappa shape index (κ1) is 15.0. The van der Waals surface area contributed by atoms with Crippen LogP contribution in [-0.4, -0.2) is 28.5 Å². The fraction of sp³-hybridized carbons (Fsp3) is 0.250. The van der Waals surface area contributed by atoms with Crippen LogP contribution in [0, 0.1) is 10.1 Å². The summed E-state index contributed by atoms with van der Waals surface area (Å²) in [6.45, 7) is 1.69. The molecule has 0 spiro atoms. The van der Waals surface area contributed by atoms with Crippen LogP contribution in [0.2, 0.25) is 0 Å². The molecule has 1 aliphatic heterocycles. The maximum atomic E-state index is 12.5. The number of carbonyl (C=O) groups excluding carboxylic acids is 1. The maximum Gasteiger partial charge on any atom is 0.406 e. The number of pyridine rings is 1. The molecule has 1 atom stereocenters. The molecule has 0 bridgehead atoms. The Bertz CT molecular complexity index is 762. The first-order valence-electron chi connectivity index (χ1n) is 7.20. The zero-order chi connectivity index (χ0) is 16.4. The van der Waals surface area contributed by atoms with E-state index in [-0.39, 0.29) is 24.3 Å². The number of aromatic nitrogens is 1. The number of nitro groups is 1. The van der Waals surface area contributed by atoms with E-state index in [0.29, 0.717) is 0 Å². The minimum atomic E-state index is -0.631. The van der Waals surface area contributed by atoms with Gasteiger partial charge < -0.3 is 19.8 Å². The predicted octanol–water partition coefficient (Wildman–Crippen LogP) is 2.35. The van der Waals surface area contributed by atoms with Gasteiger partial charge in [0, 0.05) is 11.7 Å². The number of amides is 1. The predicted molar refractivity (Wildman–Crippen MR) is 83.5 cm³/mol. The van der Waals surface area contributed by atoms with Gasteiger partial charge in [-0.2, -0.15) is 0 Å². The summed E-state index contributed by atoms with van der Waals surface area (Å²) in [5, 5.41) is 10.9. The molecule has 0 saturated carbocycles. The first-order valence-corrected chi connectivity index (χ1v) is 7.20. The van der Waals surface area contributed by atoms with Gasteiger partial charge in [0.15, 0.2) is 6.61 Å². The largest absolute Gasteiger partial charge is 0.476 e. The molecule has 0 aliphatic carbocycles. The number of fused-ring (bicyclic) bond motifs is 1. The molecule has 0 N–H and O–H groups in total. The van der Waals surface area contributed by atoms with Crippen molar-refractivity contribution in [3.8, 4) is 5.75 Å². The Morgan fingerprint density at radius 2 is 2.17 bits per heavy atom. The summed E-state index contributed by atoms with van der Waals surface area (Å²) >= 11 is 0. The van der Waals surface area contributed by atoms with E-state index in [4.69, 9.17) is 4.74 Å². The van der Waals surface area contributed by atoms with Gasteiger partial charge in [-0.1, -0.05) is 18.2 Å². The lowest BCUT2D eigenvalue weighted by Crippen LogP contribution is -2.39. The number of hydrogen-bond donors (Lipinski definition) is 0. The summed E-state index contributed by atoms with van der Waals surface area (Å²) in [4.78, 5) is 28.1. The molecule has 1 aliphatic rings. The summed E-state index contributed by atoms with van der Waals surface area (Å²) in [5.41, 5.74) is 1.98. The Labute approximate surface area is 132 Å². The van der Waals surface area contributed by atoms with E-state index in [1.165, 1.54) is 18.3 Å². The molecule has 0 radical (unpaired) electrons. The smallest absolute Gasteiger partial charge is 0.406 e. The number of para-hydroxylation sites is 1. The van der Waals surface area contributed by atoms with Crippen LogP contribution in [-0.2, 0) is 11.2 Å². The van der Waals surface area contributed by atoms with Crippen LogP contribution in [0.4, 0.5) is 11.5 Å². The normalized spacial score (nSPS) is 16.0. The van der Waals surface area contributed by atoms with Gasteiger partial charge in [-0.25, -0.2) is 0 Å². The van der Waals surface area contributed by atoms with Crippen molar-refractivity contribution in [3.05, 3.63) is 58.3 Å². The third kappa shape index (κ3) is 2.85. The van der Waals surface area contributed by atoms with Crippen LogP contribution in [0.5, 0.6) is 5.75 Å². The molecule has 3 rings (SSSR count). The van der Waals surface area contributed by atoms with Crippen molar-refractivity contribution in [1.29, 1.82) is 0 Å². The molecule has 1 amide bonds. The third-order valence-electron chi connectivity index (χ3n) is 3.75. The van der Waals surface area contributed by atoms with Crippen molar-refractivity contribution in [3.63, 3.8) is 0 Å². The topological polar surface area (TPSA) is 85.6 Å². The fourth-order valence-corrected chi connectivity index (χ4v) is 2.79. The molecule has 118 valence electrons. The Hall–Kier alpha value is -2.96. The Morgan fingerprint density at radius 1 is 1.39 bits per heavy atom. The second-order valence-electron chi connectivity index (χ2n) is 5.32. The average molecular weight is 313 g/mol. The first-order chi connectivity index (χ1) is 11.1. The second kappa shape index (κ2) is 6.04. The average Bonchev–Trinajstić information content (AvgIpc) is 2.88. The Morgan fingerprint density at radius 3 is 2.96 bits per heavy atom. The summed E-state index contributed by atoms with van der Waals surface area (Å²) in [6.07, 6.45) is 2.10. The maximum absolute atomic E-state index is 12.5. The zero-order valence-corrected chi connectivity index (χ0v) is 12.5. The lowest BCUT2D eigenvalue weighted by molar-refractivity contribution is -0.390. The monoisotopic (exact) mass is 313 g/mol. The SMILES string of the molecule is CC1Cc2ccccc2N1C(=O)COc1cccnc1[N+](=O)[O-]. The fourth-order valence-electron chi connectivity index (χ4n) is 2.79. The zero-order valence-electron chi connectivity index (χ0n) is 12.5. The van der Waals surface area contributed by atoms with Crippen molar-refractivity contribution in [2.24, 2.45) is 0 Å². The van der Waals surface area contributed by atoms with Crippen LogP contribution in [0.15, 0.2) is 42.6 Å². The van der Waals surface area contributed by atoms with Gasteiger partial charge in [-0.05, 0) is 47.0 Å². The number of rotatable bonds is 4. The lowest BCUT2D eigenvalue weighted by Gasteiger charge is -2.22. The van der Waals surface area contributed by atoms with Gasteiger partial charge in [0.05, 0.1) is 0 Å². The van der Waals surface area contributed by atoms with Crippen molar-refractivity contribution in [2.45, 2.75) is 19.4 Å². The van der Waals surface area contributed by atoms with Gasteiger partial charge >= 0.3 is 5.82 Å². The number of hydrogen-bond acceptors (Lipinski definition) is 5. The number of benzene rings is 1. The molecule has 23 heavy (non-hydrogen) atoms. The summed E-state index contributed by atoms with van der Waals surface area (Å²) in [6, 6.07) is 10.7. The summed E-state index contributed by atoms with van der Waals surface area (Å²) in [7, 11) is 0. The van der Waals surface area contributed by atoms with Crippen LogP contribution >= 0.6 is 0 Å². The van der Waals surface area contributed by atoms with Gasteiger partial charge in [-0.3, -0.25) is 4.79 Å². The number of nitrogens with zero attached hydrogens (tertiary/aromatic N) is 3. The van der Waals surface area contributed by atoms with Crippen LogP contribution in [0.3, 0.4) is 0 Å².